The minimum absolute atomic E-state index is 0.0342. The topological polar surface area (TPSA) is 53.9 Å². The van der Waals surface area contributed by atoms with Crippen molar-refractivity contribution in [3.05, 3.63) is 0 Å². The SMILES string of the molecule is CC1(C(C2CC=NO2)N2CCCC2=O)CCCNC1. The van der Waals surface area contributed by atoms with Crippen LogP contribution in [0.25, 0.3) is 0 Å². The van der Waals surface area contributed by atoms with E-state index in [1.54, 1.807) is 0 Å². The molecule has 0 aliphatic carbocycles. The number of hydrogen-bond acceptors (Lipinski definition) is 4. The molecule has 0 radical (unpaired) electrons. The van der Waals surface area contributed by atoms with Crippen LogP contribution in [-0.4, -0.2) is 48.8 Å². The zero-order valence-corrected chi connectivity index (χ0v) is 11.6. The van der Waals surface area contributed by atoms with Crippen molar-refractivity contribution in [2.45, 2.75) is 51.2 Å². The highest BCUT2D eigenvalue weighted by molar-refractivity contribution is 5.78. The van der Waals surface area contributed by atoms with E-state index in [1.165, 1.54) is 6.42 Å². The highest BCUT2D eigenvalue weighted by Gasteiger charge is 2.47. The fourth-order valence-electron chi connectivity index (χ4n) is 3.82. The monoisotopic (exact) mass is 265 g/mol. The lowest BCUT2D eigenvalue weighted by Crippen LogP contribution is -2.58. The van der Waals surface area contributed by atoms with Crippen molar-refractivity contribution in [2.75, 3.05) is 19.6 Å². The van der Waals surface area contributed by atoms with Gasteiger partial charge in [0.05, 0.1) is 6.04 Å². The molecule has 3 aliphatic heterocycles. The molecule has 3 atom stereocenters. The largest absolute Gasteiger partial charge is 0.390 e. The first-order valence-corrected chi connectivity index (χ1v) is 7.38. The zero-order valence-electron chi connectivity index (χ0n) is 11.6. The van der Waals surface area contributed by atoms with E-state index >= 15 is 0 Å². The molecule has 0 saturated carbocycles. The van der Waals surface area contributed by atoms with Crippen LogP contribution in [0, 0.1) is 5.41 Å². The normalized spacial score (nSPS) is 36.6. The van der Waals surface area contributed by atoms with E-state index in [-0.39, 0.29) is 23.5 Å². The van der Waals surface area contributed by atoms with Gasteiger partial charge in [0.25, 0.3) is 0 Å². The summed E-state index contributed by atoms with van der Waals surface area (Å²) in [4.78, 5) is 19.8. The van der Waals surface area contributed by atoms with E-state index in [4.69, 9.17) is 4.84 Å². The predicted molar refractivity (Wildman–Crippen MR) is 72.9 cm³/mol. The van der Waals surface area contributed by atoms with E-state index in [9.17, 15) is 4.79 Å². The molecule has 2 fully saturated rings. The van der Waals surface area contributed by atoms with Gasteiger partial charge in [-0.15, -0.1) is 0 Å². The lowest BCUT2D eigenvalue weighted by Gasteiger charge is -2.46. The van der Waals surface area contributed by atoms with Crippen LogP contribution in [0.5, 0.6) is 0 Å². The minimum Gasteiger partial charge on any atom is -0.390 e. The summed E-state index contributed by atoms with van der Waals surface area (Å²) >= 11 is 0. The van der Waals surface area contributed by atoms with Gasteiger partial charge in [-0.05, 0) is 25.8 Å². The molecule has 5 heteroatoms. The predicted octanol–water partition coefficient (Wildman–Crippen LogP) is 1.14. The number of likely N-dealkylation sites (tertiary alicyclic amines) is 1. The summed E-state index contributed by atoms with van der Waals surface area (Å²) in [5.41, 5.74) is 0.0939. The molecule has 0 bridgehead atoms. The third-order valence-corrected chi connectivity index (χ3v) is 4.75. The number of carbonyl (C=O) groups excluding carboxylic acids is 1. The Hall–Kier alpha value is -1.10. The Morgan fingerprint density at radius 1 is 1.58 bits per heavy atom. The van der Waals surface area contributed by atoms with Crippen LogP contribution in [0.1, 0.15) is 39.0 Å². The van der Waals surface area contributed by atoms with Gasteiger partial charge in [-0.25, -0.2) is 0 Å². The highest BCUT2D eigenvalue weighted by atomic mass is 16.6. The Labute approximate surface area is 114 Å². The second kappa shape index (κ2) is 5.12. The summed E-state index contributed by atoms with van der Waals surface area (Å²) in [6.07, 6.45) is 6.67. The number of nitrogens with zero attached hydrogens (tertiary/aromatic N) is 2. The number of nitrogens with one attached hydrogen (secondary N) is 1. The summed E-state index contributed by atoms with van der Waals surface area (Å²) in [5.74, 6) is 0.285. The Kier molecular flexibility index (Phi) is 3.48. The van der Waals surface area contributed by atoms with Crippen LogP contribution in [0.4, 0.5) is 0 Å². The smallest absolute Gasteiger partial charge is 0.223 e. The van der Waals surface area contributed by atoms with Gasteiger partial charge in [0.1, 0.15) is 0 Å². The van der Waals surface area contributed by atoms with E-state index in [0.29, 0.717) is 6.42 Å². The fourth-order valence-corrected chi connectivity index (χ4v) is 3.82. The molecule has 0 aromatic carbocycles. The zero-order chi connectivity index (χ0) is 13.3. The lowest BCUT2D eigenvalue weighted by atomic mass is 9.73. The number of oxime groups is 1. The summed E-state index contributed by atoms with van der Waals surface area (Å²) < 4.78 is 0. The molecule has 3 heterocycles. The van der Waals surface area contributed by atoms with Crippen LogP contribution in [0.15, 0.2) is 5.16 Å². The molecule has 1 amide bonds. The van der Waals surface area contributed by atoms with E-state index < -0.39 is 0 Å². The van der Waals surface area contributed by atoms with Crippen LogP contribution < -0.4 is 5.32 Å². The molecule has 19 heavy (non-hydrogen) atoms. The van der Waals surface area contributed by atoms with Crippen molar-refractivity contribution >= 4 is 12.1 Å². The first-order valence-electron chi connectivity index (χ1n) is 7.38. The maximum atomic E-state index is 12.2. The molecular weight excluding hydrogens is 242 g/mol. The molecule has 5 nitrogen and oxygen atoms in total. The van der Waals surface area contributed by atoms with Crippen LogP contribution in [-0.2, 0) is 9.63 Å². The average molecular weight is 265 g/mol. The number of carbonyl (C=O) groups is 1. The molecule has 3 aliphatic rings. The molecule has 0 spiro atoms. The Bertz CT molecular complexity index is 369. The number of piperidine rings is 1. The first kappa shape index (κ1) is 12.9. The summed E-state index contributed by atoms with van der Waals surface area (Å²) in [7, 11) is 0. The van der Waals surface area contributed by atoms with Gasteiger partial charge >= 0.3 is 0 Å². The molecule has 106 valence electrons. The van der Waals surface area contributed by atoms with Crippen molar-refractivity contribution in [1.29, 1.82) is 0 Å². The first-order chi connectivity index (χ1) is 9.21. The average Bonchev–Trinajstić information content (AvgIpc) is 3.04. The number of rotatable bonds is 3. The fraction of sp³-hybridized carbons (Fsp3) is 0.857. The number of hydrogen-bond donors (Lipinski definition) is 1. The van der Waals surface area contributed by atoms with Crippen LogP contribution >= 0.6 is 0 Å². The quantitative estimate of drug-likeness (QED) is 0.832. The molecular formula is C14H23N3O2. The molecule has 3 unspecified atom stereocenters. The molecule has 1 N–H and O–H groups in total. The summed E-state index contributed by atoms with van der Waals surface area (Å²) in [6.45, 7) is 5.20. The van der Waals surface area contributed by atoms with Gasteiger partial charge in [-0.3, -0.25) is 4.79 Å². The molecule has 0 aromatic heterocycles. The number of amides is 1. The van der Waals surface area contributed by atoms with Crippen LogP contribution in [0.3, 0.4) is 0 Å². The highest BCUT2D eigenvalue weighted by Crippen LogP contribution is 2.38. The third kappa shape index (κ3) is 2.36. The van der Waals surface area contributed by atoms with Crippen molar-refractivity contribution in [2.24, 2.45) is 10.6 Å². The maximum Gasteiger partial charge on any atom is 0.223 e. The van der Waals surface area contributed by atoms with Gasteiger partial charge in [-0.2, -0.15) is 0 Å². The van der Waals surface area contributed by atoms with Crippen molar-refractivity contribution in [1.82, 2.24) is 10.2 Å². The standard InChI is InChI=1S/C14H23N3O2/c1-14(6-3-7-15-10-14)13(11-5-8-16-19-11)17-9-2-4-12(17)18/h8,11,13,15H,2-7,9-10H2,1H3. The molecule has 3 rings (SSSR count). The van der Waals surface area contributed by atoms with Crippen LogP contribution in [0.2, 0.25) is 0 Å². The van der Waals surface area contributed by atoms with Gasteiger partial charge in [-0.1, -0.05) is 12.1 Å². The van der Waals surface area contributed by atoms with Crippen molar-refractivity contribution in [3.8, 4) is 0 Å². The van der Waals surface area contributed by atoms with Crippen molar-refractivity contribution in [3.63, 3.8) is 0 Å². The van der Waals surface area contributed by atoms with E-state index in [0.717, 1.165) is 38.9 Å². The lowest BCUT2D eigenvalue weighted by molar-refractivity contribution is -0.138. The van der Waals surface area contributed by atoms with E-state index in [1.807, 2.05) is 6.21 Å². The van der Waals surface area contributed by atoms with Gasteiger partial charge in [0.15, 0.2) is 6.10 Å². The second-order valence-electron chi connectivity index (χ2n) is 6.24. The Balaban J connectivity index is 1.84. The van der Waals surface area contributed by atoms with Gasteiger partial charge in [0, 0.05) is 37.6 Å². The summed E-state index contributed by atoms with van der Waals surface area (Å²) in [6, 6.07) is 0.151. The third-order valence-electron chi connectivity index (χ3n) is 4.75. The molecule has 0 aromatic rings. The Morgan fingerprint density at radius 3 is 3.05 bits per heavy atom. The second-order valence-corrected chi connectivity index (χ2v) is 6.24. The Morgan fingerprint density at radius 2 is 2.47 bits per heavy atom. The summed E-state index contributed by atoms with van der Waals surface area (Å²) in [5, 5.41) is 7.41. The molecule has 2 saturated heterocycles. The minimum atomic E-state index is 0.0342. The van der Waals surface area contributed by atoms with Gasteiger partial charge in [0.2, 0.25) is 5.91 Å². The van der Waals surface area contributed by atoms with E-state index in [2.05, 4.69) is 22.3 Å². The maximum absolute atomic E-state index is 12.2. The van der Waals surface area contributed by atoms with Gasteiger partial charge < -0.3 is 15.1 Å². The van der Waals surface area contributed by atoms with Crippen molar-refractivity contribution < 1.29 is 9.63 Å².